The summed E-state index contributed by atoms with van der Waals surface area (Å²) in [5.41, 5.74) is -0.727. The first-order chi connectivity index (χ1) is 7.39. The van der Waals surface area contributed by atoms with Crippen LogP contribution in [0.3, 0.4) is 0 Å². The number of aromatic nitrogens is 1. The lowest BCUT2D eigenvalue weighted by atomic mass is 10.3. The van der Waals surface area contributed by atoms with Crippen LogP contribution in [-0.4, -0.2) is 16.1 Å². The molecule has 1 heterocycles. The van der Waals surface area contributed by atoms with Gasteiger partial charge in [-0.15, -0.1) is 11.8 Å². The van der Waals surface area contributed by atoms with E-state index in [-0.39, 0.29) is 0 Å². The van der Waals surface area contributed by atoms with E-state index in [1.54, 1.807) is 11.8 Å². The normalized spacial score (nSPS) is 11.9. The van der Waals surface area contributed by atoms with E-state index in [0.717, 1.165) is 12.3 Å². The summed E-state index contributed by atoms with van der Waals surface area (Å²) in [6.45, 7) is 4.10. The van der Waals surface area contributed by atoms with Gasteiger partial charge in [-0.2, -0.15) is 13.2 Å². The zero-order chi connectivity index (χ0) is 12.2. The molecule has 1 aromatic rings. The Morgan fingerprint density at radius 1 is 1.38 bits per heavy atom. The third kappa shape index (κ3) is 4.30. The molecule has 0 aliphatic rings. The van der Waals surface area contributed by atoms with Crippen LogP contribution in [-0.2, 0) is 6.18 Å². The molecule has 0 atom stereocenters. The Morgan fingerprint density at radius 3 is 2.50 bits per heavy atom. The van der Waals surface area contributed by atoms with E-state index in [0.29, 0.717) is 16.9 Å². The van der Waals surface area contributed by atoms with Crippen LogP contribution in [0.5, 0.6) is 0 Å². The van der Waals surface area contributed by atoms with Crippen molar-refractivity contribution in [2.75, 3.05) is 11.2 Å². The van der Waals surface area contributed by atoms with Crippen LogP contribution in [0.1, 0.15) is 19.4 Å². The van der Waals surface area contributed by atoms with E-state index in [4.69, 9.17) is 0 Å². The van der Waals surface area contributed by atoms with Crippen LogP contribution in [0.15, 0.2) is 18.3 Å². The Morgan fingerprint density at radius 2 is 2.06 bits per heavy atom. The molecule has 1 N–H and O–H groups in total. The Kier molecular flexibility index (Phi) is 4.46. The molecule has 0 amide bonds. The lowest BCUT2D eigenvalue weighted by molar-refractivity contribution is -0.137. The molecule has 0 fully saturated rings. The Labute approximate surface area is 96.6 Å². The SMILES string of the molecule is CC(C)SCNc1ccc(C(F)(F)F)cn1. The molecule has 16 heavy (non-hydrogen) atoms. The number of pyridine rings is 1. The van der Waals surface area contributed by atoms with Crippen molar-refractivity contribution in [3.63, 3.8) is 0 Å². The quantitative estimate of drug-likeness (QED) is 0.826. The molecule has 0 radical (unpaired) electrons. The van der Waals surface area contributed by atoms with Crippen LogP contribution in [0.4, 0.5) is 19.0 Å². The average Bonchev–Trinajstić information content (AvgIpc) is 2.16. The van der Waals surface area contributed by atoms with Crippen molar-refractivity contribution in [2.24, 2.45) is 0 Å². The summed E-state index contributed by atoms with van der Waals surface area (Å²) in [6, 6.07) is 2.36. The van der Waals surface area contributed by atoms with Crippen molar-refractivity contribution in [3.05, 3.63) is 23.9 Å². The first kappa shape index (κ1) is 13.2. The topological polar surface area (TPSA) is 24.9 Å². The lowest BCUT2D eigenvalue weighted by Gasteiger charge is -2.09. The number of thioether (sulfide) groups is 1. The van der Waals surface area contributed by atoms with Gasteiger partial charge in [0.1, 0.15) is 5.82 Å². The highest BCUT2D eigenvalue weighted by atomic mass is 32.2. The molecule has 0 aliphatic heterocycles. The highest BCUT2D eigenvalue weighted by Gasteiger charge is 2.30. The lowest BCUT2D eigenvalue weighted by Crippen LogP contribution is -2.07. The number of alkyl halides is 3. The second-order valence-electron chi connectivity index (χ2n) is 3.47. The van der Waals surface area contributed by atoms with E-state index < -0.39 is 11.7 Å². The van der Waals surface area contributed by atoms with Gasteiger partial charge in [-0.05, 0) is 12.1 Å². The third-order valence-electron chi connectivity index (χ3n) is 1.76. The van der Waals surface area contributed by atoms with Gasteiger partial charge in [0.25, 0.3) is 0 Å². The van der Waals surface area contributed by atoms with Crippen molar-refractivity contribution in [3.8, 4) is 0 Å². The Hall–Kier alpha value is -0.910. The second kappa shape index (κ2) is 5.43. The van der Waals surface area contributed by atoms with Crippen molar-refractivity contribution in [2.45, 2.75) is 25.3 Å². The standard InChI is InChI=1S/C10H13F3N2S/c1-7(2)16-6-15-9-4-3-8(5-14-9)10(11,12)13/h3-5,7H,6H2,1-2H3,(H,14,15). The number of hydrogen-bond acceptors (Lipinski definition) is 3. The van der Waals surface area contributed by atoms with Crippen molar-refractivity contribution >= 4 is 17.6 Å². The highest BCUT2D eigenvalue weighted by Crippen LogP contribution is 2.28. The van der Waals surface area contributed by atoms with Crippen molar-refractivity contribution < 1.29 is 13.2 Å². The van der Waals surface area contributed by atoms with Gasteiger partial charge in [0.05, 0.1) is 11.4 Å². The highest BCUT2D eigenvalue weighted by molar-refractivity contribution is 7.99. The van der Waals surface area contributed by atoms with Crippen LogP contribution in [0.2, 0.25) is 0 Å². The molecular weight excluding hydrogens is 237 g/mol. The Bertz CT molecular complexity index is 322. The molecule has 0 saturated heterocycles. The molecule has 1 rings (SSSR count). The van der Waals surface area contributed by atoms with Gasteiger partial charge < -0.3 is 5.32 Å². The molecule has 2 nitrogen and oxygen atoms in total. The number of nitrogens with one attached hydrogen (secondary N) is 1. The Balaban J connectivity index is 2.52. The molecule has 0 bridgehead atoms. The molecule has 90 valence electrons. The fraction of sp³-hybridized carbons (Fsp3) is 0.500. The van der Waals surface area contributed by atoms with Gasteiger partial charge in [-0.1, -0.05) is 13.8 Å². The average molecular weight is 250 g/mol. The monoisotopic (exact) mass is 250 g/mol. The maximum absolute atomic E-state index is 12.2. The van der Waals surface area contributed by atoms with E-state index in [2.05, 4.69) is 10.3 Å². The largest absolute Gasteiger partial charge is 0.417 e. The van der Waals surface area contributed by atoms with Gasteiger partial charge in [-0.3, -0.25) is 0 Å². The molecular formula is C10H13F3N2S. The minimum absolute atomic E-state index is 0.459. The maximum atomic E-state index is 12.2. The zero-order valence-corrected chi connectivity index (χ0v) is 9.82. The van der Waals surface area contributed by atoms with Crippen molar-refractivity contribution in [1.29, 1.82) is 0 Å². The van der Waals surface area contributed by atoms with E-state index in [1.165, 1.54) is 6.07 Å². The summed E-state index contributed by atoms with van der Waals surface area (Å²) >= 11 is 1.66. The molecule has 6 heteroatoms. The number of anilines is 1. The van der Waals surface area contributed by atoms with Gasteiger partial charge in [0.2, 0.25) is 0 Å². The number of nitrogens with zero attached hydrogens (tertiary/aromatic N) is 1. The predicted octanol–water partition coefficient (Wildman–Crippen LogP) is 3.61. The smallest absolute Gasteiger partial charge is 0.361 e. The summed E-state index contributed by atoms with van der Waals surface area (Å²) in [4.78, 5) is 3.70. The molecule has 0 unspecified atom stereocenters. The number of halogens is 3. The van der Waals surface area contributed by atoms with Crippen LogP contribution in [0, 0.1) is 0 Å². The predicted molar refractivity (Wildman–Crippen MR) is 60.5 cm³/mol. The van der Waals surface area contributed by atoms with Gasteiger partial charge >= 0.3 is 6.18 Å². The van der Waals surface area contributed by atoms with E-state index in [1.807, 2.05) is 13.8 Å². The van der Waals surface area contributed by atoms with Crippen LogP contribution < -0.4 is 5.32 Å². The minimum Gasteiger partial charge on any atom is -0.361 e. The summed E-state index contributed by atoms with van der Waals surface area (Å²) in [6.07, 6.45) is -3.49. The summed E-state index contributed by atoms with van der Waals surface area (Å²) in [7, 11) is 0. The first-order valence-corrected chi connectivity index (χ1v) is 5.83. The van der Waals surface area contributed by atoms with Gasteiger partial charge in [-0.25, -0.2) is 4.98 Å². The fourth-order valence-corrected chi connectivity index (χ4v) is 1.51. The zero-order valence-electron chi connectivity index (χ0n) is 9.01. The van der Waals surface area contributed by atoms with E-state index in [9.17, 15) is 13.2 Å². The number of hydrogen-bond donors (Lipinski definition) is 1. The van der Waals surface area contributed by atoms with Crippen LogP contribution in [0.25, 0.3) is 0 Å². The van der Waals surface area contributed by atoms with Gasteiger partial charge in [0.15, 0.2) is 0 Å². The first-order valence-electron chi connectivity index (χ1n) is 4.78. The van der Waals surface area contributed by atoms with Crippen molar-refractivity contribution in [1.82, 2.24) is 4.98 Å². The third-order valence-corrected chi connectivity index (χ3v) is 2.74. The molecule has 1 aromatic heterocycles. The number of rotatable bonds is 4. The molecule has 0 aromatic carbocycles. The maximum Gasteiger partial charge on any atom is 0.417 e. The summed E-state index contributed by atoms with van der Waals surface area (Å²) in [5, 5.41) is 3.41. The molecule has 0 aliphatic carbocycles. The molecule has 0 saturated carbocycles. The van der Waals surface area contributed by atoms with Crippen LogP contribution >= 0.6 is 11.8 Å². The minimum atomic E-state index is -4.32. The summed E-state index contributed by atoms with van der Waals surface area (Å²) in [5.74, 6) is 1.09. The molecule has 0 spiro atoms. The summed E-state index contributed by atoms with van der Waals surface area (Å²) < 4.78 is 36.6. The second-order valence-corrected chi connectivity index (χ2v) is 5.03. The van der Waals surface area contributed by atoms with Gasteiger partial charge in [0, 0.05) is 11.4 Å². The fourth-order valence-electron chi connectivity index (χ4n) is 0.948. The van der Waals surface area contributed by atoms with E-state index >= 15 is 0 Å².